The molecule has 6 heteroatoms. The Balaban J connectivity index is 0.00000180. The first kappa shape index (κ1) is 16.4. The number of carbonyl (C=O) groups excluding carboxylic acids is 1. The lowest BCUT2D eigenvalue weighted by molar-refractivity contribution is -0.131. The molecule has 0 spiro atoms. The third-order valence-electron chi connectivity index (χ3n) is 3.44. The van der Waals surface area contributed by atoms with Crippen LogP contribution in [0.15, 0.2) is 17.5 Å². The summed E-state index contributed by atoms with van der Waals surface area (Å²) in [5.74, 6) is 0.208. The normalized spacial score (nSPS) is 19.2. The molecule has 0 aromatic carbocycles. The number of hydrogen-bond donors (Lipinski definition) is 1. The van der Waals surface area contributed by atoms with Gasteiger partial charge in [0.25, 0.3) is 0 Å². The molecule has 1 aromatic rings. The van der Waals surface area contributed by atoms with Gasteiger partial charge < -0.3 is 10.2 Å². The highest BCUT2D eigenvalue weighted by Crippen LogP contribution is 2.12. The van der Waals surface area contributed by atoms with Crippen LogP contribution in [0.25, 0.3) is 0 Å². The van der Waals surface area contributed by atoms with Crippen LogP contribution in [-0.4, -0.2) is 55.5 Å². The Bertz CT molecular complexity index is 385. The van der Waals surface area contributed by atoms with Crippen molar-refractivity contribution in [1.82, 2.24) is 15.1 Å². The van der Waals surface area contributed by atoms with E-state index in [4.69, 9.17) is 0 Å². The fourth-order valence-electron chi connectivity index (χ4n) is 2.25. The first-order chi connectivity index (χ1) is 8.69. The van der Waals surface area contributed by atoms with Gasteiger partial charge in [-0.25, -0.2) is 0 Å². The Kier molecular flexibility index (Phi) is 6.79. The molecule has 1 N–H and O–H groups in total. The average molecular weight is 304 g/mol. The van der Waals surface area contributed by atoms with E-state index in [1.54, 1.807) is 11.3 Å². The average Bonchev–Trinajstić information content (AvgIpc) is 3.00. The van der Waals surface area contributed by atoms with Crippen LogP contribution >= 0.6 is 23.7 Å². The molecule has 0 radical (unpaired) electrons. The number of thiophene rings is 1. The van der Waals surface area contributed by atoms with Crippen LogP contribution in [-0.2, 0) is 11.3 Å². The first-order valence-electron chi connectivity index (χ1n) is 6.35. The zero-order valence-corrected chi connectivity index (χ0v) is 13.1. The molecule has 108 valence electrons. The molecular weight excluding hydrogens is 282 g/mol. The molecule has 2 heterocycles. The van der Waals surface area contributed by atoms with E-state index < -0.39 is 0 Å². The molecule has 2 rings (SSSR count). The molecule has 19 heavy (non-hydrogen) atoms. The number of nitrogens with one attached hydrogen (secondary N) is 1. The van der Waals surface area contributed by atoms with Gasteiger partial charge in [-0.2, -0.15) is 0 Å². The molecule has 0 saturated carbocycles. The van der Waals surface area contributed by atoms with E-state index >= 15 is 0 Å². The number of likely N-dealkylation sites (tertiary alicyclic amines) is 1. The number of amides is 1. The molecular formula is C13H22ClN3OS. The van der Waals surface area contributed by atoms with Gasteiger partial charge in [-0.05, 0) is 24.9 Å². The van der Waals surface area contributed by atoms with Crippen LogP contribution in [0.1, 0.15) is 11.3 Å². The van der Waals surface area contributed by atoms with Gasteiger partial charge in [0.2, 0.25) is 5.91 Å². The van der Waals surface area contributed by atoms with Crippen LogP contribution in [0.4, 0.5) is 0 Å². The fourth-order valence-corrected chi connectivity index (χ4v) is 3.01. The second kappa shape index (κ2) is 7.85. The van der Waals surface area contributed by atoms with Crippen molar-refractivity contribution in [1.29, 1.82) is 0 Å². The third-order valence-corrected chi connectivity index (χ3v) is 4.30. The van der Waals surface area contributed by atoms with Gasteiger partial charge in [-0.3, -0.25) is 9.69 Å². The van der Waals surface area contributed by atoms with Crippen molar-refractivity contribution in [3.05, 3.63) is 22.4 Å². The number of rotatable bonds is 5. The molecule has 4 nitrogen and oxygen atoms in total. The molecule has 1 unspecified atom stereocenters. The van der Waals surface area contributed by atoms with Crippen molar-refractivity contribution < 1.29 is 4.79 Å². The predicted molar refractivity (Wildman–Crippen MR) is 81.9 cm³/mol. The van der Waals surface area contributed by atoms with E-state index in [0.717, 1.165) is 26.1 Å². The maximum atomic E-state index is 12.1. The van der Waals surface area contributed by atoms with Crippen molar-refractivity contribution >= 4 is 29.7 Å². The second-order valence-electron chi connectivity index (χ2n) is 4.84. The zero-order valence-electron chi connectivity index (χ0n) is 11.5. The van der Waals surface area contributed by atoms with E-state index in [-0.39, 0.29) is 18.3 Å². The van der Waals surface area contributed by atoms with E-state index in [1.807, 2.05) is 30.4 Å². The minimum Gasteiger partial charge on any atom is -0.340 e. The van der Waals surface area contributed by atoms with Gasteiger partial charge in [0, 0.05) is 31.1 Å². The molecule has 0 bridgehead atoms. The highest BCUT2D eigenvalue weighted by atomic mass is 35.5. The minimum absolute atomic E-state index is 0. The van der Waals surface area contributed by atoms with E-state index in [1.165, 1.54) is 4.88 Å². The van der Waals surface area contributed by atoms with Crippen molar-refractivity contribution in [2.24, 2.45) is 0 Å². The summed E-state index contributed by atoms with van der Waals surface area (Å²) in [6, 6.07) is 4.64. The lowest BCUT2D eigenvalue weighted by Crippen LogP contribution is -2.38. The fraction of sp³-hybridized carbons (Fsp3) is 0.615. The van der Waals surface area contributed by atoms with Crippen molar-refractivity contribution in [2.45, 2.75) is 19.0 Å². The Morgan fingerprint density at radius 2 is 2.42 bits per heavy atom. The number of carbonyl (C=O) groups is 1. The van der Waals surface area contributed by atoms with Gasteiger partial charge in [-0.15, -0.1) is 23.7 Å². The number of halogens is 1. The molecule has 1 amide bonds. The molecule has 1 aromatic heterocycles. The number of nitrogens with zero attached hydrogens (tertiary/aromatic N) is 2. The maximum absolute atomic E-state index is 12.1. The summed E-state index contributed by atoms with van der Waals surface area (Å²) in [7, 11) is 3.87. The standard InChI is InChI=1S/C13H21N3OS.ClH/c1-14-11-5-6-16(8-11)10-13(17)15(2)9-12-4-3-7-18-12;/h3-4,7,11,14H,5-6,8-10H2,1-2H3;1H. The Hall–Kier alpha value is -0.620. The molecule has 1 aliphatic heterocycles. The van der Waals surface area contributed by atoms with Gasteiger partial charge in [0.1, 0.15) is 0 Å². The highest BCUT2D eigenvalue weighted by molar-refractivity contribution is 7.09. The van der Waals surface area contributed by atoms with Crippen molar-refractivity contribution in [3.63, 3.8) is 0 Å². The van der Waals surface area contributed by atoms with Gasteiger partial charge in [0.05, 0.1) is 13.1 Å². The molecule has 1 fully saturated rings. The topological polar surface area (TPSA) is 35.6 Å². The van der Waals surface area contributed by atoms with Crippen LogP contribution in [0, 0.1) is 0 Å². The summed E-state index contributed by atoms with van der Waals surface area (Å²) in [6.07, 6.45) is 1.14. The lowest BCUT2D eigenvalue weighted by atomic mass is 10.3. The summed E-state index contributed by atoms with van der Waals surface area (Å²) in [6.45, 7) is 3.26. The zero-order chi connectivity index (χ0) is 13.0. The predicted octanol–water partition coefficient (Wildman–Crippen LogP) is 1.42. The minimum atomic E-state index is 0. The summed E-state index contributed by atoms with van der Waals surface area (Å²) < 4.78 is 0. The molecule has 0 aliphatic carbocycles. The van der Waals surface area contributed by atoms with Gasteiger partial charge in [0.15, 0.2) is 0 Å². The van der Waals surface area contributed by atoms with E-state index in [2.05, 4.69) is 16.3 Å². The van der Waals surface area contributed by atoms with Crippen LogP contribution in [0.5, 0.6) is 0 Å². The largest absolute Gasteiger partial charge is 0.340 e. The highest BCUT2D eigenvalue weighted by Gasteiger charge is 2.23. The monoisotopic (exact) mass is 303 g/mol. The van der Waals surface area contributed by atoms with Crippen LogP contribution < -0.4 is 5.32 Å². The van der Waals surface area contributed by atoms with Crippen molar-refractivity contribution in [2.75, 3.05) is 33.7 Å². The number of hydrogen-bond acceptors (Lipinski definition) is 4. The maximum Gasteiger partial charge on any atom is 0.236 e. The van der Waals surface area contributed by atoms with E-state index in [9.17, 15) is 4.79 Å². The van der Waals surface area contributed by atoms with Crippen LogP contribution in [0.2, 0.25) is 0 Å². The summed E-state index contributed by atoms with van der Waals surface area (Å²) in [5, 5.41) is 5.32. The SMILES string of the molecule is CNC1CCN(CC(=O)N(C)Cc2cccs2)C1.Cl. The van der Waals surface area contributed by atoms with Gasteiger partial charge in [-0.1, -0.05) is 6.07 Å². The lowest BCUT2D eigenvalue weighted by Gasteiger charge is -2.21. The molecule has 1 saturated heterocycles. The second-order valence-corrected chi connectivity index (χ2v) is 5.87. The number of likely N-dealkylation sites (N-methyl/N-ethyl adjacent to an activating group) is 2. The quantitative estimate of drug-likeness (QED) is 0.894. The van der Waals surface area contributed by atoms with Gasteiger partial charge >= 0.3 is 0 Å². The Morgan fingerprint density at radius 1 is 1.63 bits per heavy atom. The summed E-state index contributed by atoms with van der Waals surface area (Å²) >= 11 is 1.70. The smallest absolute Gasteiger partial charge is 0.236 e. The Labute approximate surface area is 125 Å². The summed E-state index contributed by atoms with van der Waals surface area (Å²) in [4.78, 5) is 17.4. The third kappa shape index (κ3) is 4.76. The van der Waals surface area contributed by atoms with Crippen molar-refractivity contribution in [3.8, 4) is 0 Å². The van der Waals surface area contributed by atoms with E-state index in [0.29, 0.717) is 12.6 Å². The summed E-state index contributed by atoms with van der Waals surface area (Å²) in [5.41, 5.74) is 0. The van der Waals surface area contributed by atoms with Crippen LogP contribution in [0.3, 0.4) is 0 Å². The Morgan fingerprint density at radius 3 is 3.00 bits per heavy atom. The first-order valence-corrected chi connectivity index (χ1v) is 7.23. The molecule has 1 atom stereocenters. The molecule has 1 aliphatic rings.